The molecule has 1 atom stereocenters. The monoisotopic (exact) mass is 339 g/mol. The highest BCUT2D eigenvalue weighted by Crippen LogP contribution is 2.15. The smallest absolute Gasteiger partial charge is 0.317 e. The van der Waals surface area contributed by atoms with Crippen molar-refractivity contribution in [1.29, 1.82) is 0 Å². The van der Waals surface area contributed by atoms with Gasteiger partial charge in [-0.05, 0) is 37.0 Å². The van der Waals surface area contributed by atoms with Gasteiger partial charge in [-0.1, -0.05) is 36.4 Å². The molecule has 1 saturated heterocycles. The number of hydrogen-bond donors (Lipinski definition) is 1. The van der Waals surface area contributed by atoms with Crippen molar-refractivity contribution in [2.45, 2.75) is 32.0 Å². The summed E-state index contributed by atoms with van der Waals surface area (Å²) >= 11 is 0. The Morgan fingerprint density at radius 2 is 2.04 bits per heavy atom. The minimum absolute atomic E-state index is 0.00191. The van der Waals surface area contributed by atoms with Crippen LogP contribution in [0.4, 0.5) is 4.79 Å². The molecule has 0 radical (unpaired) electrons. The zero-order chi connectivity index (χ0) is 17.3. The summed E-state index contributed by atoms with van der Waals surface area (Å²) in [7, 11) is 0. The van der Waals surface area contributed by atoms with Crippen LogP contribution in [0.3, 0.4) is 0 Å². The fourth-order valence-corrected chi connectivity index (χ4v) is 3.02. The predicted molar refractivity (Wildman–Crippen MR) is 97.2 cm³/mol. The fraction of sp³-hybridized carbons (Fsp3) is 0.400. The van der Waals surface area contributed by atoms with Crippen molar-refractivity contribution in [3.05, 3.63) is 66.0 Å². The lowest BCUT2D eigenvalue weighted by Crippen LogP contribution is -2.48. The van der Waals surface area contributed by atoms with Gasteiger partial charge >= 0.3 is 6.03 Å². The lowest BCUT2D eigenvalue weighted by molar-refractivity contribution is -0.00162. The standard InChI is InChI=1S/C20H25N3O2/c24-20(22-13-11-17-7-2-1-3-8-17)23-14-6-10-19(15-23)25-16-18-9-4-5-12-21-18/h1-5,7-9,12,19H,6,10-11,13-16H2,(H,22,24). The first kappa shape index (κ1) is 17.4. The molecule has 2 aromatic rings. The zero-order valence-electron chi connectivity index (χ0n) is 14.4. The number of carbonyl (C=O) groups excluding carboxylic acids is 1. The van der Waals surface area contributed by atoms with E-state index in [4.69, 9.17) is 4.74 Å². The van der Waals surface area contributed by atoms with Gasteiger partial charge in [0.2, 0.25) is 0 Å². The summed E-state index contributed by atoms with van der Waals surface area (Å²) in [6.45, 7) is 2.58. The number of benzene rings is 1. The summed E-state index contributed by atoms with van der Waals surface area (Å²) in [5.74, 6) is 0. The van der Waals surface area contributed by atoms with E-state index in [1.807, 2.05) is 41.3 Å². The zero-order valence-corrected chi connectivity index (χ0v) is 14.4. The molecule has 1 unspecified atom stereocenters. The number of pyridine rings is 1. The molecule has 1 aromatic heterocycles. The molecule has 0 aliphatic carbocycles. The number of amides is 2. The third-order valence-electron chi connectivity index (χ3n) is 4.39. The van der Waals surface area contributed by atoms with Crippen molar-refractivity contribution in [2.75, 3.05) is 19.6 Å². The second-order valence-electron chi connectivity index (χ2n) is 6.31. The van der Waals surface area contributed by atoms with Gasteiger partial charge in [-0.2, -0.15) is 0 Å². The van der Waals surface area contributed by atoms with Gasteiger partial charge in [0, 0.05) is 25.8 Å². The van der Waals surface area contributed by atoms with E-state index >= 15 is 0 Å². The van der Waals surface area contributed by atoms with E-state index in [-0.39, 0.29) is 12.1 Å². The Balaban J connectivity index is 1.40. The molecular weight excluding hydrogens is 314 g/mol. The van der Waals surface area contributed by atoms with E-state index in [0.29, 0.717) is 19.7 Å². The normalized spacial score (nSPS) is 17.3. The molecule has 25 heavy (non-hydrogen) atoms. The molecule has 1 aliphatic rings. The number of nitrogens with one attached hydrogen (secondary N) is 1. The third-order valence-corrected chi connectivity index (χ3v) is 4.39. The Bertz CT molecular complexity index is 649. The molecule has 0 saturated carbocycles. The van der Waals surface area contributed by atoms with Crippen LogP contribution in [-0.4, -0.2) is 41.7 Å². The Kier molecular flexibility index (Phi) is 6.40. The quantitative estimate of drug-likeness (QED) is 0.880. The maximum Gasteiger partial charge on any atom is 0.317 e. The molecule has 2 heterocycles. The number of nitrogens with zero attached hydrogens (tertiary/aromatic N) is 2. The largest absolute Gasteiger partial charge is 0.370 e. The number of urea groups is 1. The van der Waals surface area contributed by atoms with Crippen LogP contribution in [0.2, 0.25) is 0 Å². The summed E-state index contributed by atoms with van der Waals surface area (Å²) < 4.78 is 5.94. The number of carbonyl (C=O) groups is 1. The van der Waals surface area contributed by atoms with Crippen LogP contribution in [-0.2, 0) is 17.8 Å². The molecule has 132 valence electrons. The van der Waals surface area contributed by atoms with Gasteiger partial charge in [0.05, 0.1) is 18.4 Å². The van der Waals surface area contributed by atoms with Crippen LogP contribution >= 0.6 is 0 Å². The van der Waals surface area contributed by atoms with Crippen molar-refractivity contribution in [1.82, 2.24) is 15.2 Å². The highest BCUT2D eigenvalue weighted by Gasteiger charge is 2.24. The topological polar surface area (TPSA) is 54.5 Å². The van der Waals surface area contributed by atoms with E-state index in [0.717, 1.165) is 31.5 Å². The molecule has 1 aromatic carbocycles. The van der Waals surface area contributed by atoms with Crippen LogP contribution in [0.5, 0.6) is 0 Å². The highest BCUT2D eigenvalue weighted by atomic mass is 16.5. The first-order valence-electron chi connectivity index (χ1n) is 8.89. The number of rotatable bonds is 6. The maximum absolute atomic E-state index is 12.4. The molecule has 1 fully saturated rings. The average molecular weight is 339 g/mol. The molecule has 5 heteroatoms. The molecule has 3 rings (SSSR count). The summed E-state index contributed by atoms with van der Waals surface area (Å²) in [4.78, 5) is 18.5. The van der Waals surface area contributed by atoms with E-state index in [2.05, 4.69) is 22.4 Å². The Morgan fingerprint density at radius 1 is 1.20 bits per heavy atom. The highest BCUT2D eigenvalue weighted by molar-refractivity contribution is 5.74. The van der Waals surface area contributed by atoms with Crippen LogP contribution in [0.1, 0.15) is 24.1 Å². The van der Waals surface area contributed by atoms with Crippen molar-refractivity contribution in [3.8, 4) is 0 Å². The van der Waals surface area contributed by atoms with E-state index in [1.54, 1.807) is 6.20 Å². The SMILES string of the molecule is O=C(NCCc1ccccc1)N1CCCC(OCc2ccccn2)C1. The van der Waals surface area contributed by atoms with E-state index < -0.39 is 0 Å². The molecule has 0 bridgehead atoms. The molecule has 2 amide bonds. The van der Waals surface area contributed by atoms with Crippen LogP contribution in [0.25, 0.3) is 0 Å². The second-order valence-corrected chi connectivity index (χ2v) is 6.31. The number of ether oxygens (including phenoxy) is 1. The fourth-order valence-electron chi connectivity index (χ4n) is 3.02. The third kappa shape index (κ3) is 5.57. The minimum Gasteiger partial charge on any atom is -0.370 e. The van der Waals surface area contributed by atoms with Gasteiger partial charge < -0.3 is 15.0 Å². The number of piperidine rings is 1. The van der Waals surface area contributed by atoms with Crippen molar-refractivity contribution in [2.24, 2.45) is 0 Å². The van der Waals surface area contributed by atoms with Crippen LogP contribution in [0.15, 0.2) is 54.7 Å². The van der Waals surface area contributed by atoms with Crippen LogP contribution in [0, 0.1) is 0 Å². The molecule has 5 nitrogen and oxygen atoms in total. The van der Waals surface area contributed by atoms with Gasteiger partial charge in [-0.15, -0.1) is 0 Å². The predicted octanol–water partition coefficient (Wildman–Crippen LogP) is 3.01. The Labute approximate surface area is 149 Å². The van der Waals surface area contributed by atoms with Gasteiger partial charge in [0.15, 0.2) is 0 Å². The summed E-state index contributed by atoms with van der Waals surface area (Å²) in [6, 6.07) is 16.0. The lowest BCUT2D eigenvalue weighted by Gasteiger charge is -2.32. The number of aromatic nitrogens is 1. The first-order valence-corrected chi connectivity index (χ1v) is 8.89. The van der Waals surface area contributed by atoms with E-state index in [1.165, 1.54) is 5.56 Å². The summed E-state index contributed by atoms with van der Waals surface area (Å²) in [5.41, 5.74) is 2.16. The molecule has 1 aliphatic heterocycles. The Morgan fingerprint density at radius 3 is 2.84 bits per heavy atom. The molecular formula is C20H25N3O2. The van der Waals surface area contributed by atoms with Gasteiger partial charge in [-0.25, -0.2) is 4.79 Å². The van der Waals surface area contributed by atoms with E-state index in [9.17, 15) is 4.79 Å². The number of hydrogen-bond acceptors (Lipinski definition) is 3. The van der Waals surface area contributed by atoms with Crippen molar-refractivity contribution in [3.63, 3.8) is 0 Å². The molecule has 1 N–H and O–H groups in total. The van der Waals surface area contributed by atoms with Crippen LogP contribution < -0.4 is 5.32 Å². The summed E-state index contributed by atoms with van der Waals surface area (Å²) in [6.07, 6.45) is 4.65. The molecule has 0 spiro atoms. The van der Waals surface area contributed by atoms with Gasteiger partial charge in [-0.3, -0.25) is 4.98 Å². The Hall–Kier alpha value is -2.40. The van der Waals surface area contributed by atoms with Crippen molar-refractivity contribution < 1.29 is 9.53 Å². The second kappa shape index (κ2) is 9.18. The van der Waals surface area contributed by atoms with Crippen molar-refractivity contribution >= 4 is 6.03 Å². The maximum atomic E-state index is 12.4. The van der Waals surface area contributed by atoms with Gasteiger partial charge in [0.1, 0.15) is 0 Å². The summed E-state index contributed by atoms with van der Waals surface area (Å²) in [5, 5.41) is 3.01. The average Bonchev–Trinajstić information content (AvgIpc) is 2.68. The van der Waals surface area contributed by atoms with Gasteiger partial charge in [0.25, 0.3) is 0 Å². The first-order chi connectivity index (χ1) is 12.3. The number of likely N-dealkylation sites (tertiary alicyclic amines) is 1. The minimum atomic E-state index is 0.00191. The lowest BCUT2D eigenvalue weighted by atomic mass is 10.1.